The van der Waals surface area contributed by atoms with Crippen LogP contribution in [-0.4, -0.2) is 39.8 Å². The predicted octanol–water partition coefficient (Wildman–Crippen LogP) is 3.21. The first-order valence-corrected chi connectivity index (χ1v) is 10.9. The molecule has 1 N–H and O–H groups in total. The second-order valence-corrected chi connectivity index (χ2v) is 8.78. The van der Waals surface area contributed by atoms with Crippen molar-refractivity contribution >= 4 is 38.9 Å². The fourth-order valence-electron chi connectivity index (χ4n) is 2.90. The third-order valence-electron chi connectivity index (χ3n) is 4.31. The first-order chi connectivity index (χ1) is 13.2. The number of nitrogens with zero attached hydrogens (tertiary/aromatic N) is 1. The Balaban J connectivity index is 1.85. The van der Waals surface area contributed by atoms with E-state index in [1.54, 1.807) is 30.3 Å². The van der Waals surface area contributed by atoms with E-state index < -0.39 is 22.0 Å². The Labute approximate surface area is 169 Å². The van der Waals surface area contributed by atoms with E-state index in [2.05, 4.69) is 5.32 Å². The van der Waals surface area contributed by atoms with Crippen LogP contribution in [-0.2, 0) is 14.8 Å². The number of carbonyl (C=O) groups excluding carboxylic acids is 1. The summed E-state index contributed by atoms with van der Waals surface area (Å²) in [5, 5.41) is 3.15. The molecule has 0 aliphatic carbocycles. The smallest absolute Gasteiger partial charge is 0.247 e. The lowest BCUT2D eigenvalue weighted by atomic mass is 10.2. The number of hydrogen-bond acceptors (Lipinski definition) is 5. The Morgan fingerprint density at radius 2 is 1.82 bits per heavy atom. The van der Waals surface area contributed by atoms with Crippen LogP contribution in [0.5, 0.6) is 11.5 Å². The number of amides is 1. The minimum absolute atomic E-state index is 0.322. The number of aryl methyl sites for hydroxylation is 1. The van der Waals surface area contributed by atoms with E-state index >= 15 is 0 Å². The molecule has 1 atom stereocenters. The molecule has 2 aromatic carbocycles. The zero-order valence-corrected chi connectivity index (χ0v) is 17.3. The summed E-state index contributed by atoms with van der Waals surface area (Å²) < 4.78 is 36.8. The summed E-state index contributed by atoms with van der Waals surface area (Å²) in [6.07, 6.45) is 1.05. The van der Waals surface area contributed by atoms with Gasteiger partial charge in [0.15, 0.2) is 11.5 Å². The van der Waals surface area contributed by atoms with Gasteiger partial charge in [0.05, 0.1) is 11.9 Å². The van der Waals surface area contributed by atoms with Gasteiger partial charge < -0.3 is 14.8 Å². The summed E-state index contributed by atoms with van der Waals surface area (Å²) in [6, 6.07) is 8.88. The minimum atomic E-state index is -3.73. The van der Waals surface area contributed by atoms with E-state index in [1.807, 2.05) is 6.92 Å². The highest BCUT2D eigenvalue weighted by Gasteiger charge is 2.29. The van der Waals surface area contributed by atoms with Gasteiger partial charge in [0, 0.05) is 16.8 Å². The topological polar surface area (TPSA) is 84.9 Å². The summed E-state index contributed by atoms with van der Waals surface area (Å²) in [5.74, 6) is 0.644. The number of hydrogen-bond donors (Lipinski definition) is 1. The van der Waals surface area contributed by atoms with E-state index in [0.29, 0.717) is 41.1 Å². The van der Waals surface area contributed by atoms with Gasteiger partial charge >= 0.3 is 0 Å². The molecule has 28 heavy (non-hydrogen) atoms. The van der Waals surface area contributed by atoms with Gasteiger partial charge in [0.25, 0.3) is 0 Å². The number of anilines is 2. The van der Waals surface area contributed by atoms with Crippen molar-refractivity contribution in [3.05, 3.63) is 47.0 Å². The van der Waals surface area contributed by atoms with Crippen molar-refractivity contribution in [3.63, 3.8) is 0 Å². The van der Waals surface area contributed by atoms with Gasteiger partial charge in [0.2, 0.25) is 15.9 Å². The van der Waals surface area contributed by atoms with Crippen LogP contribution in [0.25, 0.3) is 0 Å². The summed E-state index contributed by atoms with van der Waals surface area (Å²) in [7, 11) is -3.73. The van der Waals surface area contributed by atoms with Crippen LogP contribution < -0.4 is 19.1 Å². The molecular weight excluding hydrogens is 404 g/mol. The van der Waals surface area contributed by atoms with Gasteiger partial charge in [0.1, 0.15) is 19.3 Å². The maximum Gasteiger partial charge on any atom is 0.247 e. The zero-order chi connectivity index (χ0) is 20.5. The monoisotopic (exact) mass is 424 g/mol. The Kier molecular flexibility index (Phi) is 5.71. The normalized spacial score (nSPS) is 14.3. The highest BCUT2D eigenvalue weighted by molar-refractivity contribution is 7.92. The van der Waals surface area contributed by atoms with Crippen LogP contribution in [0, 0.1) is 6.92 Å². The number of halogens is 1. The SMILES string of the molecule is Cc1ccc(N([C@@H](C)C(=O)Nc2ccc3c(c2)OCCO3)S(C)(=O)=O)cc1Cl. The lowest BCUT2D eigenvalue weighted by Gasteiger charge is -2.28. The summed E-state index contributed by atoms with van der Waals surface area (Å²) in [4.78, 5) is 12.8. The van der Waals surface area contributed by atoms with E-state index in [1.165, 1.54) is 13.0 Å². The number of rotatable bonds is 5. The van der Waals surface area contributed by atoms with Crippen LogP contribution in [0.1, 0.15) is 12.5 Å². The van der Waals surface area contributed by atoms with Gasteiger partial charge in [-0.25, -0.2) is 8.42 Å². The van der Waals surface area contributed by atoms with E-state index in [4.69, 9.17) is 21.1 Å². The van der Waals surface area contributed by atoms with Crippen LogP contribution in [0.15, 0.2) is 36.4 Å². The van der Waals surface area contributed by atoms with Crippen molar-refractivity contribution in [2.24, 2.45) is 0 Å². The maximum atomic E-state index is 12.8. The number of benzene rings is 2. The van der Waals surface area contributed by atoms with Gasteiger partial charge in [-0.3, -0.25) is 9.10 Å². The quantitative estimate of drug-likeness (QED) is 0.796. The number of carbonyl (C=O) groups is 1. The number of fused-ring (bicyclic) bond motifs is 1. The minimum Gasteiger partial charge on any atom is -0.486 e. The number of sulfonamides is 1. The third-order valence-corrected chi connectivity index (χ3v) is 5.96. The van der Waals surface area contributed by atoms with Crippen LogP contribution >= 0.6 is 11.6 Å². The second kappa shape index (κ2) is 7.89. The molecule has 0 saturated carbocycles. The van der Waals surface area contributed by atoms with Crippen LogP contribution in [0.4, 0.5) is 11.4 Å². The molecule has 0 aromatic heterocycles. The molecule has 2 aromatic rings. The largest absolute Gasteiger partial charge is 0.486 e. The van der Waals surface area contributed by atoms with Crippen molar-refractivity contribution in [3.8, 4) is 11.5 Å². The average Bonchev–Trinajstić information content (AvgIpc) is 2.63. The summed E-state index contributed by atoms with van der Waals surface area (Å²) >= 11 is 6.14. The second-order valence-electron chi connectivity index (χ2n) is 6.52. The molecule has 0 radical (unpaired) electrons. The van der Waals surface area contributed by atoms with Crippen molar-refractivity contribution in [2.75, 3.05) is 29.1 Å². The first kappa shape index (κ1) is 20.3. The molecule has 1 aliphatic rings. The van der Waals surface area contributed by atoms with E-state index in [0.717, 1.165) is 16.1 Å². The van der Waals surface area contributed by atoms with Gasteiger partial charge in [-0.05, 0) is 43.7 Å². The Hall–Kier alpha value is -2.45. The van der Waals surface area contributed by atoms with Crippen molar-refractivity contribution in [1.29, 1.82) is 0 Å². The first-order valence-electron chi connectivity index (χ1n) is 8.63. The van der Waals surface area contributed by atoms with Crippen LogP contribution in [0.3, 0.4) is 0 Å². The molecule has 0 saturated heterocycles. The molecule has 0 fully saturated rings. The molecule has 1 aliphatic heterocycles. The molecule has 150 valence electrons. The van der Waals surface area contributed by atoms with Crippen molar-refractivity contribution < 1.29 is 22.7 Å². The van der Waals surface area contributed by atoms with Crippen molar-refractivity contribution in [2.45, 2.75) is 19.9 Å². The Morgan fingerprint density at radius 3 is 2.46 bits per heavy atom. The molecule has 3 rings (SSSR count). The molecular formula is C19H21ClN2O5S. The standard InChI is InChI=1S/C19H21ClN2O5S/c1-12-4-6-15(11-16(12)20)22(28(3,24)25)13(2)19(23)21-14-5-7-17-18(10-14)27-9-8-26-17/h4-7,10-11,13H,8-9H2,1-3H3,(H,21,23)/t13-/m0/s1. The lowest BCUT2D eigenvalue weighted by Crippen LogP contribution is -2.45. The molecule has 0 bridgehead atoms. The maximum absolute atomic E-state index is 12.8. The molecule has 9 heteroatoms. The summed E-state index contributed by atoms with van der Waals surface area (Å²) in [5.41, 5.74) is 1.62. The highest BCUT2D eigenvalue weighted by Crippen LogP contribution is 2.33. The number of nitrogens with one attached hydrogen (secondary N) is 1. The predicted molar refractivity (Wildman–Crippen MR) is 109 cm³/mol. The van der Waals surface area contributed by atoms with Gasteiger partial charge in [-0.1, -0.05) is 17.7 Å². The third kappa shape index (κ3) is 4.34. The zero-order valence-electron chi connectivity index (χ0n) is 15.7. The fourth-order valence-corrected chi connectivity index (χ4v) is 4.24. The Morgan fingerprint density at radius 1 is 1.14 bits per heavy atom. The lowest BCUT2D eigenvalue weighted by molar-refractivity contribution is -0.116. The van der Waals surface area contributed by atoms with Gasteiger partial charge in [-0.15, -0.1) is 0 Å². The molecule has 0 unspecified atom stereocenters. The van der Waals surface area contributed by atoms with E-state index in [-0.39, 0.29) is 0 Å². The average molecular weight is 425 g/mol. The van der Waals surface area contributed by atoms with Crippen LogP contribution in [0.2, 0.25) is 5.02 Å². The molecule has 0 spiro atoms. The molecule has 1 heterocycles. The Bertz CT molecular complexity index is 1010. The number of ether oxygens (including phenoxy) is 2. The fraction of sp³-hybridized carbons (Fsp3) is 0.316. The summed E-state index contributed by atoms with van der Waals surface area (Å²) in [6.45, 7) is 4.23. The molecule has 1 amide bonds. The van der Waals surface area contributed by atoms with E-state index in [9.17, 15) is 13.2 Å². The molecule has 7 nitrogen and oxygen atoms in total. The van der Waals surface area contributed by atoms with Gasteiger partial charge in [-0.2, -0.15) is 0 Å². The highest BCUT2D eigenvalue weighted by atomic mass is 35.5. The van der Waals surface area contributed by atoms with Crippen molar-refractivity contribution in [1.82, 2.24) is 0 Å².